The molecule has 0 bridgehead atoms. The number of para-hydroxylation sites is 1. The SMILES string of the molecule is O=C1/C=C/C(=O)O[C@@](O)(C(O)=C2CCCCC2)C(N2CCN(c3ccccc3)CC2)O1. The predicted octanol–water partition coefficient (Wildman–Crippen LogP) is 2.26. The van der Waals surface area contributed by atoms with Crippen molar-refractivity contribution >= 4 is 17.6 Å². The van der Waals surface area contributed by atoms with E-state index in [-0.39, 0.29) is 0 Å². The number of cyclic esters (lactones) is 2. The number of hydrogen-bond acceptors (Lipinski definition) is 8. The van der Waals surface area contributed by atoms with E-state index in [9.17, 15) is 19.8 Å². The summed E-state index contributed by atoms with van der Waals surface area (Å²) in [6.45, 7) is 2.13. The molecule has 2 fully saturated rings. The van der Waals surface area contributed by atoms with Crippen LogP contribution in [0.25, 0.3) is 0 Å². The summed E-state index contributed by atoms with van der Waals surface area (Å²) in [6, 6.07) is 9.94. The fraction of sp³-hybridized carbons (Fsp3) is 0.478. The Morgan fingerprint density at radius 3 is 2.26 bits per heavy atom. The molecule has 0 spiro atoms. The van der Waals surface area contributed by atoms with Gasteiger partial charge in [0.25, 0.3) is 0 Å². The van der Waals surface area contributed by atoms with Crippen molar-refractivity contribution in [2.45, 2.75) is 44.1 Å². The Morgan fingerprint density at radius 2 is 1.58 bits per heavy atom. The lowest BCUT2D eigenvalue weighted by Crippen LogP contribution is -2.62. The number of rotatable bonds is 3. The molecule has 2 atom stereocenters. The van der Waals surface area contributed by atoms with Crippen LogP contribution in [-0.4, -0.2) is 65.2 Å². The molecule has 2 aliphatic heterocycles. The topological polar surface area (TPSA) is 99.5 Å². The molecule has 3 aliphatic rings. The summed E-state index contributed by atoms with van der Waals surface area (Å²) in [5.41, 5.74) is 1.71. The largest absolute Gasteiger partial charge is 0.506 e. The Balaban J connectivity index is 1.61. The lowest BCUT2D eigenvalue weighted by molar-refractivity contribution is -0.274. The standard InChI is InChI=1S/C23H28N2O6/c26-19-11-12-20(27)31-23(29,21(28)17-7-3-1-4-8-17)22(30-19)25-15-13-24(14-16-25)18-9-5-2-6-10-18/h2,5-6,9-12,22,28-29H,1,3-4,7-8,13-16H2/b12-11+/t22?,23-/m0/s1. The number of piperazine rings is 1. The summed E-state index contributed by atoms with van der Waals surface area (Å²) in [6.07, 6.45) is 4.52. The number of aliphatic hydroxyl groups excluding tert-OH is 1. The fourth-order valence-electron chi connectivity index (χ4n) is 4.41. The van der Waals surface area contributed by atoms with Gasteiger partial charge in [-0.25, -0.2) is 9.59 Å². The van der Waals surface area contributed by atoms with Crippen LogP contribution in [0, 0.1) is 0 Å². The van der Waals surface area contributed by atoms with E-state index in [0.717, 1.165) is 37.1 Å². The van der Waals surface area contributed by atoms with Gasteiger partial charge in [-0.05, 0) is 43.4 Å². The first kappa shape index (κ1) is 21.4. The van der Waals surface area contributed by atoms with Crippen LogP contribution in [-0.2, 0) is 19.1 Å². The van der Waals surface area contributed by atoms with E-state index in [1.165, 1.54) is 0 Å². The number of nitrogens with zero attached hydrogens (tertiary/aromatic N) is 2. The van der Waals surface area contributed by atoms with E-state index in [1.54, 1.807) is 4.90 Å². The van der Waals surface area contributed by atoms with E-state index >= 15 is 0 Å². The number of carbonyl (C=O) groups excluding carboxylic acids is 2. The molecule has 2 N–H and O–H groups in total. The molecule has 166 valence electrons. The minimum atomic E-state index is -2.46. The summed E-state index contributed by atoms with van der Waals surface area (Å²) in [7, 11) is 0. The molecule has 4 rings (SSSR count). The molecule has 1 aliphatic carbocycles. The van der Waals surface area contributed by atoms with Gasteiger partial charge in [0.05, 0.1) is 0 Å². The summed E-state index contributed by atoms with van der Waals surface area (Å²) < 4.78 is 10.8. The normalized spacial score (nSPS) is 28.9. The minimum Gasteiger partial charge on any atom is -0.506 e. The third-order valence-corrected chi connectivity index (χ3v) is 6.07. The van der Waals surface area contributed by atoms with Crippen molar-refractivity contribution in [3.8, 4) is 0 Å². The van der Waals surface area contributed by atoms with E-state index in [0.29, 0.717) is 44.6 Å². The minimum absolute atomic E-state index is 0.417. The highest BCUT2D eigenvalue weighted by molar-refractivity contribution is 5.92. The van der Waals surface area contributed by atoms with Crippen LogP contribution in [0.3, 0.4) is 0 Å². The second-order valence-corrected chi connectivity index (χ2v) is 8.11. The number of carbonyl (C=O) groups is 2. The number of esters is 2. The highest BCUT2D eigenvalue weighted by Crippen LogP contribution is 2.35. The molecule has 8 heteroatoms. The van der Waals surface area contributed by atoms with Gasteiger partial charge in [0, 0.05) is 44.0 Å². The Hall–Kier alpha value is -2.84. The summed E-state index contributed by atoms with van der Waals surface area (Å²) in [5.74, 6) is -4.56. The van der Waals surface area contributed by atoms with E-state index < -0.39 is 29.7 Å². The lowest BCUT2D eigenvalue weighted by atomic mass is 9.91. The van der Waals surface area contributed by atoms with Gasteiger partial charge in [-0.1, -0.05) is 24.6 Å². The summed E-state index contributed by atoms with van der Waals surface area (Å²) >= 11 is 0. The zero-order valence-corrected chi connectivity index (χ0v) is 17.4. The molecule has 2 heterocycles. The van der Waals surface area contributed by atoms with Gasteiger partial charge in [0.1, 0.15) is 0 Å². The van der Waals surface area contributed by atoms with Crippen molar-refractivity contribution in [2.24, 2.45) is 0 Å². The number of ether oxygens (including phenoxy) is 2. The Kier molecular flexibility index (Phi) is 6.29. The number of allylic oxidation sites excluding steroid dienone is 1. The highest BCUT2D eigenvalue weighted by Gasteiger charge is 2.52. The van der Waals surface area contributed by atoms with Gasteiger partial charge in [0.2, 0.25) is 6.23 Å². The molecule has 0 radical (unpaired) electrons. The van der Waals surface area contributed by atoms with Crippen LogP contribution in [0.15, 0.2) is 53.8 Å². The summed E-state index contributed by atoms with van der Waals surface area (Å²) in [5, 5.41) is 22.5. The van der Waals surface area contributed by atoms with Gasteiger partial charge in [-0.2, -0.15) is 0 Å². The van der Waals surface area contributed by atoms with Crippen LogP contribution in [0.1, 0.15) is 32.1 Å². The van der Waals surface area contributed by atoms with Crippen LogP contribution >= 0.6 is 0 Å². The first-order valence-corrected chi connectivity index (χ1v) is 10.8. The van der Waals surface area contributed by atoms with E-state index in [2.05, 4.69) is 4.90 Å². The maximum absolute atomic E-state index is 12.2. The summed E-state index contributed by atoms with van der Waals surface area (Å²) in [4.78, 5) is 28.4. The number of hydrogen-bond donors (Lipinski definition) is 2. The maximum Gasteiger partial charge on any atom is 0.334 e. The first-order valence-electron chi connectivity index (χ1n) is 10.8. The number of benzene rings is 1. The first-order chi connectivity index (χ1) is 15.0. The molecule has 1 saturated carbocycles. The van der Waals surface area contributed by atoms with Gasteiger partial charge >= 0.3 is 17.7 Å². The third-order valence-electron chi connectivity index (χ3n) is 6.07. The van der Waals surface area contributed by atoms with Gasteiger partial charge in [0.15, 0.2) is 5.76 Å². The molecule has 1 aromatic rings. The number of anilines is 1. The van der Waals surface area contributed by atoms with Gasteiger partial charge < -0.3 is 24.6 Å². The molecule has 1 aromatic carbocycles. The molecule has 1 saturated heterocycles. The second kappa shape index (κ2) is 9.11. The van der Waals surface area contributed by atoms with Crippen LogP contribution in [0.4, 0.5) is 5.69 Å². The smallest absolute Gasteiger partial charge is 0.334 e. The number of aliphatic hydroxyl groups is 2. The fourth-order valence-corrected chi connectivity index (χ4v) is 4.41. The van der Waals surface area contributed by atoms with Crippen molar-refractivity contribution in [1.29, 1.82) is 0 Å². The molecule has 0 amide bonds. The molecular formula is C23H28N2O6. The Bertz CT molecular complexity index is 867. The average molecular weight is 428 g/mol. The van der Waals surface area contributed by atoms with Crippen LogP contribution in [0.2, 0.25) is 0 Å². The van der Waals surface area contributed by atoms with E-state index in [1.807, 2.05) is 30.3 Å². The molecule has 8 nitrogen and oxygen atoms in total. The van der Waals surface area contributed by atoms with Gasteiger partial charge in [-0.15, -0.1) is 0 Å². The zero-order valence-electron chi connectivity index (χ0n) is 17.4. The maximum atomic E-state index is 12.2. The Labute approximate surface area is 181 Å². The van der Waals surface area contributed by atoms with Gasteiger partial charge in [-0.3, -0.25) is 4.90 Å². The third kappa shape index (κ3) is 4.60. The predicted molar refractivity (Wildman–Crippen MR) is 113 cm³/mol. The second-order valence-electron chi connectivity index (χ2n) is 8.11. The quantitative estimate of drug-likeness (QED) is 0.559. The van der Waals surface area contributed by atoms with Crippen LogP contribution in [0.5, 0.6) is 0 Å². The van der Waals surface area contributed by atoms with Crippen molar-refractivity contribution in [2.75, 3.05) is 31.1 Å². The highest BCUT2D eigenvalue weighted by atomic mass is 16.7. The van der Waals surface area contributed by atoms with Crippen molar-refractivity contribution < 1.29 is 29.3 Å². The molecular weight excluding hydrogens is 400 g/mol. The van der Waals surface area contributed by atoms with Crippen molar-refractivity contribution in [3.05, 3.63) is 53.8 Å². The molecule has 1 unspecified atom stereocenters. The van der Waals surface area contributed by atoms with Crippen molar-refractivity contribution in [1.82, 2.24) is 4.90 Å². The monoisotopic (exact) mass is 428 g/mol. The molecule has 0 aromatic heterocycles. The van der Waals surface area contributed by atoms with Crippen LogP contribution < -0.4 is 4.90 Å². The Morgan fingerprint density at radius 1 is 0.935 bits per heavy atom. The molecule has 31 heavy (non-hydrogen) atoms. The lowest BCUT2D eigenvalue weighted by Gasteiger charge is -2.44. The van der Waals surface area contributed by atoms with Crippen molar-refractivity contribution in [3.63, 3.8) is 0 Å². The average Bonchev–Trinajstić information content (AvgIpc) is 2.81. The zero-order chi connectivity index (χ0) is 21.8. The van der Waals surface area contributed by atoms with E-state index in [4.69, 9.17) is 9.47 Å².